The first-order valence-electron chi connectivity index (χ1n) is 4.39. The van der Waals surface area contributed by atoms with Crippen LogP contribution in [-0.4, -0.2) is 16.6 Å². The van der Waals surface area contributed by atoms with Crippen molar-refractivity contribution in [1.82, 2.24) is 0 Å². The summed E-state index contributed by atoms with van der Waals surface area (Å²) in [5.74, 6) is 0. The molecule has 15 heavy (non-hydrogen) atoms. The lowest BCUT2D eigenvalue weighted by molar-refractivity contribution is -0.384. The number of nitrogens with two attached hydrogens (primary N) is 1. The van der Waals surface area contributed by atoms with E-state index in [1.807, 2.05) is 0 Å². The van der Waals surface area contributed by atoms with Gasteiger partial charge in [0.05, 0.1) is 4.92 Å². The van der Waals surface area contributed by atoms with Gasteiger partial charge < -0.3 is 10.8 Å². The van der Waals surface area contributed by atoms with Gasteiger partial charge in [-0.2, -0.15) is 0 Å². The molecular weight excluding hydrogens is 220 g/mol. The van der Waals surface area contributed by atoms with Crippen LogP contribution in [0, 0.1) is 10.1 Å². The largest absolute Gasteiger partial charge is 0.396 e. The second-order valence-electron chi connectivity index (χ2n) is 3.09. The van der Waals surface area contributed by atoms with Gasteiger partial charge in [0.1, 0.15) is 5.69 Å². The minimum absolute atomic E-state index is 0.0223. The molecule has 0 aliphatic heterocycles. The zero-order chi connectivity index (χ0) is 11.4. The van der Waals surface area contributed by atoms with Crippen LogP contribution in [0.15, 0.2) is 12.1 Å². The summed E-state index contributed by atoms with van der Waals surface area (Å²) in [6.07, 6.45) is 1.01. The van der Waals surface area contributed by atoms with Gasteiger partial charge in [0, 0.05) is 17.7 Å². The fraction of sp³-hybridized carbons (Fsp3) is 0.333. The smallest absolute Gasteiger partial charge is 0.292 e. The Kier molecular flexibility index (Phi) is 3.88. The Morgan fingerprint density at radius 1 is 1.53 bits per heavy atom. The maximum atomic E-state index is 10.6. The second-order valence-corrected chi connectivity index (χ2v) is 3.49. The molecule has 1 aromatic rings. The van der Waals surface area contributed by atoms with Crippen LogP contribution in [0.5, 0.6) is 0 Å². The third-order valence-corrected chi connectivity index (χ3v) is 2.35. The number of nitro groups is 1. The van der Waals surface area contributed by atoms with E-state index >= 15 is 0 Å². The Balaban J connectivity index is 3.06. The molecule has 0 spiro atoms. The molecule has 0 aliphatic carbocycles. The summed E-state index contributed by atoms with van der Waals surface area (Å²) in [6.45, 7) is 0.0223. The number of aliphatic hydroxyl groups is 1. The predicted octanol–water partition coefficient (Wildman–Crippen LogP) is 1.76. The van der Waals surface area contributed by atoms with Crippen molar-refractivity contribution in [1.29, 1.82) is 0 Å². The quantitative estimate of drug-likeness (QED) is 0.469. The molecule has 0 unspecified atom stereocenters. The van der Waals surface area contributed by atoms with Crippen molar-refractivity contribution < 1.29 is 10.0 Å². The van der Waals surface area contributed by atoms with Crippen LogP contribution < -0.4 is 5.73 Å². The van der Waals surface area contributed by atoms with Crippen molar-refractivity contribution >= 4 is 23.0 Å². The minimum Gasteiger partial charge on any atom is -0.396 e. The average Bonchev–Trinajstić information content (AvgIpc) is 2.16. The molecular formula is C9H11ClN2O3. The zero-order valence-electron chi connectivity index (χ0n) is 7.94. The van der Waals surface area contributed by atoms with E-state index in [0.717, 1.165) is 0 Å². The number of rotatable bonds is 4. The molecule has 0 bridgehead atoms. The third-order valence-electron chi connectivity index (χ3n) is 2.00. The number of hydrogen-bond donors (Lipinski definition) is 2. The third kappa shape index (κ3) is 2.81. The Morgan fingerprint density at radius 2 is 2.20 bits per heavy atom. The molecule has 82 valence electrons. The second kappa shape index (κ2) is 4.95. The molecule has 5 nitrogen and oxygen atoms in total. The Hall–Kier alpha value is -1.33. The fourth-order valence-corrected chi connectivity index (χ4v) is 1.51. The van der Waals surface area contributed by atoms with Gasteiger partial charge in [-0.1, -0.05) is 11.6 Å². The van der Waals surface area contributed by atoms with Crippen LogP contribution in [0.2, 0.25) is 5.02 Å². The summed E-state index contributed by atoms with van der Waals surface area (Å²) < 4.78 is 0. The van der Waals surface area contributed by atoms with Gasteiger partial charge in [-0.25, -0.2) is 0 Å². The van der Waals surface area contributed by atoms with Crippen molar-refractivity contribution in [2.24, 2.45) is 0 Å². The van der Waals surface area contributed by atoms with Gasteiger partial charge in [0.25, 0.3) is 5.69 Å². The van der Waals surface area contributed by atoms with Crippen LogP contribution >= 0.6 is 11.6 Å². The highest BCUT2D eigenvalue weighted by molar-refractivity contribution is 6.31. The van der Waals surface area contributed by atoms with Crippen molar-refractivity contribution in [3.63, 3.8) is 0 Å². The molecule has 1 rings (SSSR count). The van der Waals surface area contributed by atoms with Crippen LogP contribution in [-0.2, 0) is 6.42 Å². The van der Waals surface area contributed by atoms with Gasteiger partial charge in [-0.3, -0.25) is 10.1 Å². The van der Waals surface area contributed by atoms with Crippen molar-refractivity contribution in [3.8, 4) is 0 Å². The van der Waals surface area contributed by atoms with E-state index in [9.17, 15) is 10.1 Å². The molecule has 0 saturated carbocycles. The summed E-state index contributed by atoms with van der Waals surface area (Å²) in [5, 5.41) is 19.6. The van der Waals surface area contributed by atoms with E-state index in [0.29, 0.717) is 23.4 Å². The van der Waals surface area contributed by atoms with Crippen molar-refractivity contribution in [2.45, 2.75) is 12.8 Å². The summed E-state index contributed by atoms with van der Waals surface area (Å²) in [6, 6.07) is 2.72. The molecule has 0 amide bonds. The molecule has 0 atom stereocenters. The number of nitrogens with zero attached hydrogens (tertiary/aromatic N) is 1. The number of nitrogen functional groups attached to an aromatic ring is 1. The number of anilines is 1. The number of halogens is 1. The fourth-order valence-electron chi connectivity index (χ4n) is 1.24. The van der Waals surface area contributed by atoms with Crippen LogP contribution in [0.25, 0.3) is 0 Å². The predicted molar refractivity (Wildman–Crippen MR) is 57.9 cm³/mol. The van der Waals surface area contributed by atoms with Crippen LogP contribution in [0.4, 0.5) is 11.4 Å². The van der Waals surface area contributed by atoms with E-state index in [4.69, 9.17) is 22.4 Å². The SMILES string of the molecule is Nc1cc(Cl)c(CCCO)cc1[N+](=O)[O-]. The first-order chi connectivity index (χ1) is 7.06. The zero-order valence-corrected chi connectivity index (χ0v) is 8.70. The Bertz CT molecular complexity index is 382. The lowest BCUT2D eigenvalue weighted by atomic mass is 10.1. The van der Waals surface area contributed by atoms with E-state index in [2.05, 4.69) is 0 Å². The van der Waals surface area contributed by atoms with Gasteiger partial charge in [0.2, 0.25) is 0 Å². The number of hydrogen-bond acceptors (Lipinski definition) is 4. The van der Waals surface area contributed by atoms with E-state index < -0.39 is 4.92 Å². The maximum Gasteiger partial charge on any atom is 0.292 e. The molecule has 3 N–H and O–H groups in total. The highest BCUT2D eigenvalue weighted by Crippen LogP contribution is 2.29. The van der Waals surface area contributed by atoms with Gasteiger partial charge in [-0.15, -0.1) is 0 Å². The molecule has 0 aliphatic rings. The molecule has 1 aromatic carbocycles. The molecule has 0 heterocycles. The first-order valence-corrected chi connectivity index (χ1v) is 4.77. The normalized spacial score (nSPS) is 10.3. The molecule has 0 saturated heterocycles. The standard InChI is InChI=1S/C9H11ClN2O3/c10-7-5-8(11)9(12(14)15)4-6(7)2-1-3-13/h4-5,13H,1-3,11H2. The summed E-state index contributed by atoms with van der Waals surface area (Å²) in [7, 11) is 0. The van der Waals surface area contributed by atoms with Crippen molar-refractivity contribution in [3.05, 3.63) is 32.8 Å². The summed E-state index contributed by atoms with van der Waals surface area (Å²) >= 11 is 5.86. The van der Waals surface area contributed by atoms with E-state index in [-0.39, 0.29) is 18.0 Å². The molecule has 0 aromatic heterocycles. The van der Waals surface area contributed by atoms with Gasteiger partial charge in [-0.05, 0) is 24.5 Å². The van der Waals surface area contributed by atoms with E-state index in [1.54, 1.807) is 0 Å². The van der Waals surface area contributed by atoms with Crippen LogP contribution in [0.1, 0.15) is 12.0 Å². The summed E-state index contributed by atoms with van der Waals surface area (Å²) in [4.78, 5) is 10.0. The Morgan fingerprint density at radius 3 is 2.73 bits per heavy atom. The highest BCUT2D eigenvalue weighted by Gasteiger charge is 2.14. The molecule has 0 radical (unpaired) electrons. The monoisotopic (exact) mass is 230 g/mol. The maximum absolute atomic E-state index is 10.6. The van der Waals surface area contributed by atoms with Crippen LogP contribution in [0.3, 0.4) is 0 Å². The lowest BCUT2D eigenvalue weighted by Crippen LogP contribution is -1.99. The summed E-state index contributed by atoms with van der Waals surface area (Å²) in [5.41, 5.74) is 5.98. The molecule has 6 heteroatoms. The number of aryl methyl sites for hydroxylation is 1. The van der Waals surface area contributed by atoms with E-state index in [1.165, 1.54) is 12.1 Å². The average molecular weight is 231 g/mol. The highest BCUT2D eigenvalue weighted by atomic mass is 35.5. The first kappa shape index (κ1) is 11.7. The number of aliphatic hydroxyl groups excluding tert-OH is 1. The van der Waals surface area contributed by atoms with Gasteiger partial charge >= 0.3 is 0 Å². The lowest BCUT2D eigenvalue weighted by Gasteiger charge is -2.05. The number of benzene rings is 1. The molecule has 0 fully saturated rings. The Labute approximate surface area is 91.6 Å². The van der Waals surface area contributed by atoms with Gasteiger partial charge in [0.15, 0.2) is 0 Å². The minimum atomic E-state index is -0.548. The number of nitro benzene ring substituents is 1. The van der Waals surface area contributed by atoms with Crippen molar-refractivity contribution in [2.75, 3.05) is 12.3 Å². The topological polar surface area (TPSA) is 89.4 Å².